The van der Waals surface area contributed by atoms with Crippen LogP contribution in [0.25, 0.3) is 0 Å². The van der Waals surface area contributed by atoms with E-state index in [1.165, 1.54) is 9.80 Å². The Labute approximate surface area is 128 Å². The summed E-state index contributed by atoms with van der Waals surface area (Å²) in [6, 6.07) is 7.25. The van der Waals surface area contributed by atoms with E-state index in [1.54, 1.807) is 12.1 Å². The number of carbonyl (C=O) groups excluding carboxylic acids is 3. The smallest absolute Gasteiger partial charge is 0.254 e. The summed E-state index contributed by atoms with van der Waals surface area (Å²) in [5, 5.41) is 0. The Morgan fingerprint density at radius 1 is 1.23 bits per heavy atom. The van der Waals surface area contributed by atoms with E-state index in [-0.39, 0.29) is 24.9 Å². The zero-order valence-corrected chi connectivity index (χ0v) is 12.3. The highest BCUT2D eigenvalue weighted by Crippen LogP contribution is 2.12. The molecule has 1 fully saturated rings. The van der Waals surface area contributed by atoms with Crippen LogP contribution in [0.3, 0.4) is 0 Å². The van der Waals surface area contributed by atoms with Crippen molar-refractivity contribution < 1.29 is 14.4 Å². The summed E-state index contributed by atoms with van der Waals surface area (Å²) >= 11 is 0. The van der Waals surface area contributed by atoms with Crippen LogP contribution in [0.4, 0.5) is 0 Å². The minimum absolute atomic E-state index is 0.0345. The third-order valence-corrected chi connectivity index (χ3v) is 3.56. The number of carbonyl (C=O) groups is 3. The van der Waals surface area contributed by atoms with Gasteiger partial charge in [0.15, 0.2) is 0 Å². The number of rotatable bonds is 5. The number of piperazine rings is 1. The summed E-state index contributed by atoms with van der Waals surface area (Å²) < 4.78 is 0. The largest absolute Gasteiger partial charge is 0.368 e. The van der Waals surface area contributed by atoms with Crippen LogP contribution in [-0.4, -0.2) is 60.2 Å². The molecule has 22 heavy (non-hydrogen) atoms. The molecule has 7 heteroatoms. The van der Waals surface area contributed by atoms with E-state index in [9.17, 15) is 14.4 Å². The lowest BCUT2D eigenvalue weighted by molar-refractivity contribution is -0.138. The van der Waals surface area contributed by atoms with E-state index < -0.39 is 5.91 Å². The van der Waals surface area contributed by atoms with Gasteiger partial charge in [-0.3, -0.25) is 14.4 Å². The van der Waals surface area contributed by atoms with Gasteiger partial charge in [-0.1, -0.05) is 12.1 Å². The molecule has 0 bridgehead atoms. The first-order valence-electron chi connectivity index (χ1n) is 7.15. The maximum atomic E-state index is 12.5. The fraction of sp³-hybridized carbons (Fsp3) is 0.400. The molecule has 0 atom stereocenters. The summed E-state index contributed by atoms with van der Waals surface area (Å²) in [4.78, 5) is 38.2. The van der Waals surface area contributed by atoms with Gasteiger partial charge >= 0.3 is 0 Å². The summed E-state index contributed by atoms with van der Waals surface area (Å²) in [6.45, 7) is 1.08. The van der Waals surface area contributed by atoms with Gasteiger partial charge in [-0.15, -0.1) is 0 Å². The minimum Gasteiger partial charge on any atom is -0.368 e. The van der Waals surface area contributed by atoms with Crippen LogP contribution in [-0.2, 0) is 16.0 Å². The quantitative estimate of drug-likeness (QED) is 0.724. The standard InChI is InChI=1S/C15H20N4O3/c16-5-4-11-2-1-3-12(8-11)15(22)19-7-6-18(9-13(17)20)14(21)10-19/h1-3,8H,4-7,9-10,16H2,(H2,17,20). The zero-order chi connectivity index (χ0) is 16.1. The Morgan fingerprint density at radius 2 is 2.00 bits per heavy atom. The van der Waals surface area contributed by atoms with Crippen molar-refractivity contribution in [1.82, 2.24) is 9.80 Å². The molecule has 1 aliphatic heterocycles. The van der Waals surface area contributed by atoms with Crippen molar-refractivity contribution in [3.05, 3.63) is 35.4 Å². The third kappa shape index (κ3) is 3.82. The van der Waals surface area contributed by atoms with E-state index in [1.807, 2.05) is 12.1 Å². The molecule has 1 aliphatic rings. The highest BCUT2D eigenvalue weighted by molar-refractivity contribution is 5.97. The van der Waals surface area contributed by atoms with Crippen molar-refractivity contribution in [2.24, 2.45) is 11.5 Å². The van der Waals surface area contributed by atoms with Gasteiger partial charge in [-0.2, -0.15) is 0 Å². The van der Waals surface area contributed by atoms with Gasteiger partial charge in [0.1, 0.15) is 6.54 Å². The second-order valence-electron chi connectivity index (χ2n) is 5.25. The topological polar surface area (TPSA) is 110 Å². The number of hydrogen-bond donors (Lipinski definition) is 2. The molecule has 0 spiro atoms. The van der Waals surface area contributed by atoms with E-state index in [0.29, 0.717) is 31.6 Å². The number of nitrogens with zero attached hydrogens (tertiary/aromatic N) is 2. The predicted octanol–water partition coefficient (Wildman–Crippen LogP) is -1.04. The second-order valence-corrected chi connectivity index (χ2v) is 5.25. The average molecular weight is 304 g/mol. The van der Waals surface area contributed by atoms with Crippen molar-refractivity contribution in [2.45, 2.75) is 6.42 Å². The third-order valence-electron chi connectivity index (χ3n) is 3.56. The van der Waals surface area contributed by atoms with Crippen molar-refractivity contribution >= 4 is 17.7 Å². The van der Waals surface area contributed by atoms with Crippen molar-refractivity contribution in [1.29, 1.82) is 0 Å². The summed E-state index contributed by atoms with van der Waals surface area (Å²) in [5.41, 5.74) is 12.1. The van der Waals surface area contributed by atoms with Crippen LogP contribution in [0, 0.1) is 0 Å². The molecule has 3 amide bonds. The van der Waals surface area contributed by atoms with Gasteiger partial charge in [-0.05, 0) is 30.7 Å². The zero-order valence-electron chi connectivity index (χ0n) is 12.3. The Bertz CT molecular complexity index is 588. The highest BCUT2D eigenvalue weighted by Gasteiger charge is 2.28. The van der Waals surface area contributed by atoms with Crippen LogP contribution in [0.15, 0.2) is 24.3 Å². The van der Waals surface area contributed by atoms with Gasteiger partial charge in [-0.25, -0.2) is 0 Å². The first-order chi connectivity index (χ1) is 10.5. The Balaban J connectivity index is 2.04. The summed E-state index contributed by atoms with van der Waals surface area (Å²) in [7, 11) is 0. The van der Waals surface area contributed by atoms with Gasteiger partial charge < -0.3 is 21.3 Å². The lowest BCUT2D eigenvalue weighted by Crippen LogP contribution is -2.54. The fourth-order valence-corrected chi connectivity index (χ4v) is 2.45. The van der Waals surface area contributed by atoms with Crippen molar-refractivity contribution in [2.75, 3.05) is 32.7 Å². The molecule has 1 heterocycles. The van der Waals surface area contributed by atoms with Gasteiger partial charge in [0.2, 0.25) is 11.8 Å². The maximum Gasteiger partial charge on any atom is 0.254 e. The first kappa shape index (κ1) is 16.0. The van der Waals surface area contributed by atoms with Crippen LogP contribution in [0.1, 0.15) is 15.9 Å². The van der Waals surface area contributed by atoms with E-state index in [2.05, 4.69) is 0 Å². The number of amides is 3. The summed E-state index contributed by atoms with van der Waals surface area (Å²) in [6.07, 6.45) is 0.701. The molecule has 118 valence electrons. The lowest BCUT2D eigenvalue weighted by atomic mass is 10.1. The molecule has 0 unspecified atom stereocenters. The highest BCUT2D eigenvalue weighted by atomic mass is 16.2. The monoisotopic (exact) mass is 304 g/mol. The fourth-order valence-electron chi connectivity index (χ4n) is 2.45. The van der Waals surface area contributed by atoms with Crippen molar-refractivity contribution in [3.8, 4) is 0 Å². The van der Waals surface area contributed by atoms with Crippen LogP contribution >= 0.6 is 0 Å². The number of benzene rings is 1. The molecular formula is C15H20N4O3. The summed E-state index contributed by atoms with van der Waals surface area (Å²) in [5.74, 6) is -1.01. The number of hydrogen-bond acceptors (Lipinski definition) is 4. The maximum absolute atomic E-state index is 12.5. The van der Waals surface area contributed by atoms with Crippen molar-refractivity contribution in [3.63, 3.8) is 0 Å². The molecular weight excluding hydrogens is 284 g/mol. The first-order valence-corrected chi connectivity index (χ1v) is 7.15. The molecule has 0 radical (unpaired) electrons. The van der Waals surface area contributed by atoms with E-state index in [4.69, 9.17) is 11.5 Å². The molecule has 4 N–H and O–H groups in total. The lowest BCUT2D eigenvalue weighted by Gasteiger charge is -2.33. The van der Waals surface area contributed by atoms with Gasteiger partial charge in [0.05, 0.1) is 6.54 Å². The Hall–Kier alpha value is -2.41. The van der Waals surface area contributed by atoms with Gasteiger partial charge in [0.25, 0.3) is 5.91 Å². The molecule has 0 aliphatic carbocycles. The van der Waals surface area contributed by atoms with Crippen LogP contribution < -0.4 is 11.5 Å². The second kappa shape index (κ2) is 7.04. The average Bonchev–Trinajstić information content (AvgIpc) is 2.49. The Morgan fingerprint density at radius 3 is 2.64 bits per heavy atom. The normalized spacial score (nSPS) is 15.0. The minimum atomic E-state index is -0.553. The predicted molar refractivity (Wildman–Crippen MR) is 80.9 cm³/mol. The molecule has 2 rings (SSSR count). The molecule has 0 aromatic heterocycles. The van der Waals surface area contributed by atoms with Gasteiger partial charge in [0, 0.05) is 18.7 Å². The van der Waals surface area contributed by atoms with E-state index in [0.717, 1.165) is 5.56 Å². The molecule has 0 saturated carbocycles. The SMILES string of the molecule is NCCc1cccc(C(=O)N2CCN(CC(N)=O)C(=O)C2)c1. The van der Waals surface area contributed by atoms with E-state index >= 15 is 0 Å². The molecule has 1 aromatic carbocycles. The number of primary amides is 1. The van der Waals surface area contributed by atoms with Crippen LogP contribution in [0.5, 0.6) is 0 Å². The Kier molecular flexibility index (Phi) is 5.11. The van der Waals surface area contributed by atoms with Crippen LogP contribution in [0.2, 0.25) is 0 Å². The number of nitrogens with two attached hydrogens (primary N) is 2. The molecule has 7 nitrogen and oxygen atoms in total. The molecule has 1 aromatic rings. The molecule has 1 saturated heterocycles.